The fourth-order valence-electron chi connectivity index (χ4n) is 13.3. The van der Waals surface area contributed by atoms with Crippen molar-refractivity contribution in [1.82, 2.24) is 0 Å². The topological polar surface area (TPSA) is 237 Å². The highest BCUT2D eigenvalue weighted by Gasteiger charge is 2.30. The third-order valence-electron chi connectivity index (χ3n) is 20.0. The molecule has 0 aliphatic rings. The molecule has 2 unspecified atom stereocenters. The van der Waals surface area contributed by atoms with Gasteiger partial charge in [0, 0.05) is 25.7 Å². The minimum atomic E-state index is -4.96. The summed E-state index contributed by atoms with van der Waals surface area (Å²) >= 11 is 0. The molecule has 0 aliphatic carbocycles. The molecule has 5 atom stereocenters. The van der Waals surface area contributed by atoms with Crippen LogP contribution in [0.4, 0.5) is 0 Å². The van der Waals surface area contributed by atoms with Gasteiger partial charge in [0.1, 0.15) is 19.3 Å². The van der Waals surface area contributed by atoms with Crippen LogP contribution in [-0.2, 0) is 65.4 Å². The molecule has 17 nitrogen and oxygen atoms in total. The van der Waals surface area contributed by atoms with Crippen LogP contribution in [0.1, 0.15) is 458 Å². The third-order valence-corrected chi connectivity index (χ3v) is 21.9. The van der Waals surface area contributed by atoms with Crippen LogP contribution in [0.2, 0.25) is 0 Å². The maximum atomic E-state index is 13.1. The van der Waals surface area contributed by atoms with Crippen molar-refractivity contribution in [2.45, 2.75) is 477 Å². The van der Waals surface area contributed by atoms with Crippen molar-refractivity contribution in [3.8, 4) is 0 Å². The summed E-state index contributed by atoms with van der Waals surface area (Å²) in [4.78, 5) is 73.2. The van der Waals surface area contributed by atoms with Crippen LogP contribution in [-0.4, -0.2) is 96.7 Å². The second-order valence-electron chi connectivity index (χ2n) is 31.1. The third kappa shape index (κ3) is 78.2. The number of carbonyl (C=O) groups excluding carboxylic acids is 4. The molecular weight excluding hydrogens is 1350 g/mol. The van der Waals surface area contributed by atoms with Gasteiger partial charge in [-0.3, -0.25) is 37.3 Å². The first-order chi connectivity index (χ1) is 50.5. The second kappa shape index (κ2) is 77.8. The number of aliphatic hydroxyl groups excluding tert-OH is 1. The Bertz CT molecular complexity index is 1980. The van der Waals surface area contributed by atoms with Crippen molar-refractivity contribution >= 4 is 39.5 Å². The van der Waals surface area contributed by atoms with E-state index in [1.54, 1.807) is 0 Å². The zero-order valence-corrected chi connectivity index (χ0v) is 70.0. The quantitative estimate of drug-likeness (QED) is 0.0222. The Morgan fingerprint density at radius 3 is 0.654 bits per heavy atom. The van der Waals surface area contributed by atoms with E-state index in [1.807, 2.05) is 0 Å². The molecule has 104 heavy (non-hydrogen) atoms. The van der Waals surface area contributed by atoms with Gasteiger partial charge in [-0.1, -0.05) is 407 Å². The van der Waals surface area contributed by atoms with E-state index in [0.717, 1.165) is 95.8 Å². The molecule has 0 radical (unpaired) electrons. The van der Waals surface area contributed by atoms with Crippen molar-refractivity contribution in [2.75, 3.05) is 39.6 Å². The van der Waals surface area contributed by atoms with Gasteiger partial charge in [-0.05, 0) is 31.6 Å². The molecule has 0 aromatic carbocycles. The van der Waals surface area contributed by atoms with Crippen LogP contribution in [0.3, 0.4) is 0 Å². The molecule has 19 heteroatoms. The van der Waals surface area contributed by atoms with Crippen molar-refractivity contribution in [3.63, 3.8) is 0 Å². The number of hydrogen-bond acceptors (Lipinski definition) is 15. The molecule has 0 heterocycles. The summed E-state index contributed by atoms with van der Waals surface area (Å²) in [5, 5.41) is 10.7. The van der Waals surface area contributed by atoms with E-state index in [9.17, 15) is 43.2 Å². The number of unbranched alkanes of at least 4 members (excludes halogenated alkanes) is 57. The largest absolute Gasteiger partial charge is 0.472 e. The van der Waals surface area contributed by atoms with Gasteiger partial charge in [0.05, 0.1) is 26.4 Å². The fourth-order valence-corrected chi connectivity index (χ4v) is 14.9. The van der Waals surface area contributed by atoms with E-state index >= 15 is 0 Å². The number of ether oxygens (including phenoxy) is 4. The van der Waals surface area contributed by atoms with E-state index in [2.05, 4.69) is 34.6 Å². The predicted molar refractivity (Wildman–Crippen MR) is 428 cm³/mol. The lowest BCUT2D eigenvalue weighted by Gasteiger charge is -2.21. The van der Waals surface area contributed by atoms with Gasteiger partial charge in [0.25, 0.3) is 0 Å². The van der Waals surface area contributed by atoms with E-state index in [1.165, 1.54) is 283 Å². The second-order valence-corrected chi connectivity index (χ2v) is 34.0. The maximum Gasteiger partial charge on any atom is 0.472 e. The lowest BCUT2D eigenvalue weighted by atomic mass is 10.0. The monoisotopic (exact) mass is 1520 g/mol. The first-order valence-corrected chi connectivity index (χ1v) is 47.1. The summed E-state index contributed by atoms with van der Waals surface area (Å²) in [7, 11) is -9.93. The van der Waals surface area contributed by atoms with Crippen molar-refractivity contribution in [1.29, 1.82) is 0 Å². The molecule has 0 aromatic heterocycles. The highest BCUT2D eigenvalue weighted by atomic mass is 31.2. The summed E-state index contributed by atoms with van der Waals surface area (Å²) in [6, 6.07) is 0. The Hall–Kier alpha value is -1.94. The molecule has 618 valence electrons. The average molecular weight is 1520 g/mol. The van der Waals surface area contributed by atoms with Gasteiger partial charge in [-0.2, -0.15) is 0 Å². The smallest absolute Gasteiger partial charge is 0.462 e. The molecule has 3 N–H and O–H groups in total. The van der Waals surface area contributed by atoms with Crippen LogP contribution < -0.4 is 0 Å². The molecule has 0 aromatic rings. The number of phosphoric acid groups is 2. The van der Waals surface area contributed by atoms with Crippen LogP contribution in [0.25, 0.3) is 0 Å². The number of esters is 4. The van der Waals surface area contributed by atoms with E-state index in [0.29, 0.717) is 25.7 Å². The lowest BCUT2D eigenvalue weighted by Crippen LogP contribution is -2.30. The van der Waals surface area contributed by atoms with Gasteiger partial charge >= 0.3 is 39.5 Å². The number of aliphatic hydroxyl groups is 1. The molecule has 0 bridgehead atoms. The molecule has 0 fully saturated rings. The van der Waals surface area contributed by atoms with Crippen LogP contribution in [0.5, 0.6) is 0 Å². The summed E-state index contributed by atoms with van der Waals surface area (Å²) < 4.78 is 68.9. The summed E-state index contributed by atoms with van der Waals surface area (Å²) in [6.07, 6.45) is 70.7. The minimum Gasteiger partial charge on any atom is -0.462 e. The average Bonchev–Trinajstić information content (AvgIpc) is 0.930. The van der Waals surface area contributed by atoms with E-state index < -0.39 is 97.5 Å². The molecule has 0 amide bonds. The van der Waals surface area contributed by atoms with Gasteiger partial charge < -0.3 is 33.8 Å². The number of hydrogen-bond donors (Lipinski definition) is 3. The zero-order valence-electron chi connectivity index (χ0n) is 68.2. The molecular formula is C85H166O17P2. The molecule has 0 saturated carbocycles. The molecule has 0 spiro atoms. The number of carbonyl (C=O) groups is 4. The van der Waals surface area contributed by atoms with Crippen molar-refractivity contribution in [3.05, 3.63) is 0 Å². The van der Waals surface area contributed by atoms with Gasteiger partial charge in [-0.15, -0.1) is 0 Å². The highest BCUT2D eigenvalue weighted by molar-refractivity contribution is 7.47. The number of rotatable bonds is 85. The molecule has 0 saturated heterocycles. The Kier molecular flexibility index (Phi) is 76.3. The summed E-state index contributed by atoms with van der Waals surface area (Å²) in [6.45, 7) is 7.36. The highest BCUT2D eigenvalue weighted by Crippen LogP contribution is 2.45. The van der Waals surface area contributed by atoms with Gasteiger partial charge in [0.2, 0.25) is 0 Å². The summed E-state index contributed by atoms with van der Waals surface area (Å²) in [5.74, 6) is -1.33. The maximum absolute atomic E-state index is 13.1. The first kappa shape index (κ1) is 102. The fraction of sp³-hybridized carbons (Fsp3) is 0.953. The van der Waals surface area contributed by atoms with Crippen molar-refractivity contribution in [2.24, 2.45) is 5.92 Å². The Labute approximate surface area is 638 Å². The number of phosphoric ester groups is 2. The zero-order chi connectivity index (χ0) is 76.2. The van der Waals surface area contributed by atoms with Gasteiger partial charge in [-0.25, -0.2) is 9.13 Å². The predicted octanol–water partition coefficient (Wildman–Crippen LogP) is 26.0. The standard InChI is InChI=1S/C85H166O17P2/c1-6-9-12-15-18-21-24-27-29-31-32-33-34-35-37-40-45-50-55-60-65-70-84(89)101-80(74-96-83(88)69-64-59-54-49-44-39-36-30-28-25-22-19-16-13-10-7-2)76-99-103(91,92)97-72-79(86)73-98-104(93,94)100-77-81(75-95-82(87)68-63-58-53-48-43-38-26-23-20-17-14-11-8-3)102-85(90)71-66-61-56-51-46-41-42-47-52-57-62-67-78(4)5/h78-81,86H,6-77H2,1-5H3,(H,91,92)(H,93,94)/t79-,80-,81-/m1/s1. The molecule has 0 rings (SSSR count). The SMILES string of the molecule is CCCCCCCCCCCCCCCCCCCCCCCC(=O)O[C@H](COC(=O)CCCCCCCCCCCCCCCCCC)COP(=O)(O)OC[C@@H](O)COP(=O)(O)OC[C@@H](COC(=O)CCCCCCCCCCCCCCC)OC(=O)CCCCCCCCCCCCCC(C)C. The van der Waals surface area contributed by atoms with Crippen LogP contribution in [0.15, 0.2) is 0 Å². The van der Waals surface area contributed by atoms with Crippen LogP contribution >= 0.6 is 15.6 Å². The van der Waals surface area contributed by atoms with Crippen LogP contribution in [0, 0.1) is 5.92 Å². The first-order valence-electron chi connectivity index (χ1n) is 44.1. The Morgan fingerprint density at radius 1 is 0.260 bits per heavy atom. The summed E-state index contributed by atoms with van der Waals surface area (Å²) in [5.41, 5.74) is 0. The van der Waals surface area contributed by atoms with Gasteiger partial charge in [0.15, 0.2) is 12.2 Å². The lowest BCUT2D eigenvalue weighted by molar-refractivity contribution is -0.161. The normalized spacial score (nSPS) is 13.8. The molecule has 0 aliphatic heterocycles. The Balaban J connectivity index is 5.24. The Morgan fingerprint density at radius 2 is 0.442 bits per heavy atom. The van der Waals surface area contributed by atoms with E-state index in [-0.39, 0.29) is 25.7 Å². The minimum absolute atomic E-state index is 0.107. The van der Waals surface area contributed by atoms with E-state index in [4.69, 9.17) is 37.0 Å². The van der Waals surface area contributed by atoms with Crippen molar-refractivity contribution < 1.29 is 80.2 Å².